The number of carbonyl (C=O) groups excluding carboxylic acids is 2. The number of carbonyl (C=O) groups is 3. The van der Waals surface area contributed by atoms with Crippen LogP contribution in [0.4, 0.5) is 5.69 Å². The summed E-state index contributed by atoms with van der Waals surface area (Å²) in [4.78, 5) is 37.9. The number of aliphatic carboxylic acids is 1. The third-order valence-corrected chi connectivity index (χ3v) is 3.78. The maximum Gasteiger partial charge on any atom is 0.323 e. The molecule has 1 aliphatic heterocycles. The third kappa shape index (κ3) is 3.87. The van der Waals surface area contributed by atoms with Crippen molar-refractivity contribution in [1.82, 2.24) is 4.90 Å². The number of amides is 2. The van der Waals surface area contributed by atoms with Crippen LogP contribution in [0.1, 0.15) is 22.8 Å². The molecule has 0 bridgehead atoms. The molecule has 1 aliphatic rings. The Labute approximate surface area is 134 Å². The minimum Gasteiger partial charge on any atom is -0.480 e. The second kappa shape index (κ2) is 7.23. The normalized spacial score (nSPS) is 12.9. The average molecular weight is 320 g/mol. The summed E-state index contributed by atoms with van der Waals surface area (Å²) in [6.45, 7) is 2.21. The number of fused-ring (bicyclic) bond motifs is 1. The van der Waals surface area contributed by atoms with Crippen molar-refractivity contribution in [3.05, 3.63) is 29.3 Å². The maximum absolute atomic E-state index is 12.5. The molecule has 1 aromatic carbocycles. The minimum atomic E-state index is -1.07. The average Bonchev–Trinajstić information content (AvgIpc) is 2.93. The van der Waals surface area contributed by atoms with Crippen LogP contribution in [0, 0.1) is 0 Å². The summed E-state index contributed by atoms with van der Waals surface area (Å²) in [7, 11) is 1.50. The van der Waals surface area contributed by atoms with Gasteiger partial charge in [0, 0.05) is 38.4 Å². The molecule has 7 heteroatoms. The Morgan fingerprint density at radius 3 is 2.70 bits per heavy atom. The molecule has 1 heterocycles. The van der Waals surface area contributed by atoms with Gasteiger partial charge in [-0.1, -0.05) is 0 Å². The lowest BCUT2D eigenvalue weighted by Crippen LogP contribution is -2.38. The summed E-state index contributed by atoms with van der Waals surface area (Å²) in [6.07, 6.45) is 0.688. The predicted molar refractivity (Wildman–Crippen MR) is 83.6 cm³/mol. The SMILES string of the molecule is COCCN(CC(=O)O)C(=O)c1ccc2c(c1)CCN2C(C)=O. The van der Waals surface area contributed by atoms with E-state index in [2.05, 4.69) is 0 Å². The predicted octanol–water partition coefficient (Wildman–Crippen LogP) is 0.769. The number of nitrogens with zero attached hydrogens (tertiary/aromatic N) is 2. The third-order valence-electron chi connectivity index (χ3n) is 3.78. The first-order chi connectivity index (χ1) is 10.9. The Kier molecular flexibility index (Phi) is 5.33. The highest BCUT2D eigenvalue weighted by atomic mass is 16.5. The zero-order valence-electron chi connectivity index (χ0n) is 13.2. The molecule has 0 atom stereocenters. The van der Waals surface area contributed by atoms with Gasteiger partial charge < -0.3 is 19.6 Å². The second-order valence-electron chi connectivity index (χ2n) is 5.38. The molecule has 0 aliphatic carbocycles. The first kappa shape index (κ1) is 17.0. The van der Waals surface area contributed by atoms with E-state index < -0.39 is 5.97 Å². The summed E-state index contributed by atoms with van der Waals surface area (Å²) in [5, 5.41) is 8.95. The molecular formula is C16H20N2O5. The Bertz CT molecular complexity index is 629. The number of hydrogen-bond donors (Lipinski definition) is 1. The zero-order valence-corrected chi connectivity index (χ0v) is 13.2. The molecule has 0 saturated carbocycles. The van der Waals surface area contributed by atoms with Crippen molar-refractivity contribution in [2.24, 2.45) is 0 Å². The number of ether oxygens (including phenoxy) is 1. The van der Waals surface area contributed by atoms with Crippen LogP contribution in [0.25, 0.3) is 0 Å². The van der Waals surface area contributed by atoms with Gasteiger partial charge in [-0.15, -0.1) is 0 Å². The van der Waals surface area contributed by atoms with Crippen molar-refractivity contribution >= 4 is 23.5 Å². The molecule has 124 valence electrons. The Balaban J connectivity index is 2.21. The smallest absolute Gasteiger partial charge is 0.323 e. The van der Waals surface area contributed by atoms with Crippen LogP contribution in [-0.4, -0.2) is 61.1 Å². The largest absolute Gasteiger partial charge is 0.480 e. The molecule has 0 aromatic heterocycles. The maximum atomic E-state index is 12.5. The molecule has 7 nitrogen and oxygen atoms in total. The fourth-order valence-corrected chi connectivity index (χ4v) is 2.66. The lowest BCUT2D eigenvalue weighted by atomic mass is 10.1. The van der Waals surface area contributed by atoms with Crippen molar-refractivity contribution < 1.29 is 24.2 Å². The molecule has 0 saturated heterocycles. The van der Waals surface area contributed by atoms with Gasteiger partial charge in [0.2, 0.25) is 5.91 Å². The van der Waals surface area contributed by atoms with Gasteiger partial charge in [0.25, 0.3) is 5.91 Å². The first-order valence-electron chi connectivity index (χ1n) is 7.35. The molecule has 1 N–H and O–H groups in total. The lowest BCUT2D eigenvalue weighted by Gasteiger charge is -2.21. The number of anilines is 1. The van der Waals surface area contributed by atoms with E-state index in [-0.39, 0.29) is 31.5 Å². The van der Waals surface area contributed by atoms with Crippen LogP contribution in [0.5, 0.6) is 0 Å². The highest BCUT2D eigenvalue weighted by Crippen LogP contribution is 2.29. The van der Waals surface area contributed by atoms with Gasteiger partial charge in [-0.05, 0) is 30.2 Å². The van der Waals surface area contributed by atoms with Crippen LogP contribution in [-0.2, 0) is 20.7 Å². The Hall–Kier alpha value is -2.41. The van der Waals surface area contributed by atoms with E-state index in [1.54, 1.807) is 23.1 Å². The Morgan fingerprint density at radius 1 is 1.35 bits per heavy atom. The molecule has 1 aromatic rings. The van der Waals surface area contributed by atoms with E-state index in [1.165, 1.54) is 18.9 Å². The minimum absolute atomic E-state index is 0.0320. The monoisotopic (exact) mass is 320 g/mol. The van der Waals surface area contributed by atoms with E-state index in [0.717, 1.165) is 11.3 Å². The fourth-order valence-electron chi connectivity index (χ4n) is 2.66. The van der Waals surface area contributed by atoms with Gasteiger partial charge in [0.15, 0.2) is 0 Å². The summed E-state index contributed by atoms with van der Waals surface area (Å²) >= 11 is 0. The van der Waals surface area contributed by atoms with Gasteiger partial charge >= 0.3 is 5.97 Å². The summed E-state index contributed by atoms with van der Waals surface area (Å²) < 4.78 is 4.92. The number of carboxylic acids is 1. The highest BCUT2D eigenvalue weighted by Gasteiger charge is 2.25. The van der Waals surface area contributed by atoms with Crippen molar-refractivity contribution in [2.75, 3.05) is 38.3 Å². The van der Waals surface area contributed by atoms with Crippen LogP contribution in [0.15, 0.2) is 18.2 Å². The van der Waals surface area contributed by atoms with E-state index in [4.69, 9.17) is 9.84 Å². The molecule has 23 heavy (non-hydrogen) atoms. The summed E-state index contributed by atoms with van der Waals surface area (Å²) in [5.41, 5.74) is 2.16. The quantitative estimate of drug-likeness (QED) is 0.836. The van der Waals surface area contributed by atoms with Gasteiger partial charge in [-0.2, -0.15) is 0 Å². The fraction of sp³-hybridized carbons (Fsp3) is 0.438. The summed E-state index contributed by atoms with van der Waals surface area (Å²) in [6, 6.07) is 5.11. The first-order valence-corrected chi connectivity index (χ1v) is 7.35. The molecule has 2 rings (SSSR count). The van der Waals surface area contributed by atoms with Gasteiger partial charge in [0.1, 0.15) is 6.54 Å². The van der Waals surface area contributed by atoms with Crippen molar-refractivity contribution in [3.8, 4) is 0 Å². The molecule has 0 radical (unpaired) electrons. The van der Waals surface area contributed by atoms with Crippen LogP contribution >= 0.6 is 0 Å². The van der Waals surface area contributed by atoms with Gasteiger partial charge in [-0.3, -0.25) is 14.4 Å². The number of benzene rings is 1. The van der Waals surface area contributed by atoms with Crippen LogP contribution in [0.3, 0.4) is 0 Å². The lowest BCUT2D eigenvalue weighted by molar-refractivity contribution is -0.137. The second-order valence-corrected chi connectivity index (χ2v) is 5.38. The molecular weight excluding hydrogens is 300 g/mol. The van der Waals surface area contributed by atoms with E-state index in [9.17, 15) is 14.4 Å². The van der Waals surface area contributed by atoms with Gasteiger partial charge in [-0.25, -0.2) is 0 Å². The van der Waals surface area contributed by atoms with Crippen molar-refractivity contribution in [1.29, 1.82) is 0 Å². The highest BCUT2D eigenvalue weighted by molar-refractivity contribution is 5.98. The number of hydrogen-bond acceptors (Lipinski definition) is 4. The topological polar surface area (TPSA) is 87.2 Å². The van der Waals surface area contributed by atoms with Crippen molar-refractivity contribution in [3.63, 3.8) is 0 Å². The van der Waals surface area contributed by atoms with Crippen LogP contribution < -0.4 is 4.90 Å². The summed E-state index contributed by atoms with van der Waals surface area (Å²) in [5.74, 6) is -1.46. The Morgan fingerprint density at radius 2 is 2.09 bits per heavy atom. The standard InChI is InChI=1S/C16H20N2O5/c1-11(19)18-6-5-12-9-13(3-4-14(12)18)16(22)17(7-8-23-2)10-15(20)21/h3-4,9H,5-8,10H2,1-2H3,(H,20,21). The van der Waals surface area contributed by atoms with Crippen molar-refractivity contribution in [2.45, 2.75) is 13.3 Å². The van der Waals surface area contributed by atoms with Gasteiger partial charge in [0.05, 0.1) is 6.61 Å². The molecule has 2 amide bonds. The zero-order chi connectivity index (χ0) is 17.0. The molecule has 0 unspecified atom stereocenters. The molecule has 0 spiro atoms. The van der Waals surface area contributed by atoms with E-state index in [0.29, 0.717) is 18.5 Å². The number of methoxy groups -OCH3 is 1. The molecule has 0 fully saturated rings. The number of rotatable bonds is 6. The van der Waals surface area contributed by atoms with E-state index in [1.807, 2.05) is 0 Å². The van der Waals surface area contributed by atoms with Crippen LogP contribution in [0.2, 0.25) is 0 Å². The number of carboxylic acid groups (broad SMARTS) is 1. The van der Waals surface area contributed by atoms with E-state index >= 15 is 0 Å².